The summed E-state index contributed by atoms with van der Waals surface area (Å²) in [5.74, 6) is -2.71. The highest BCUT2D eigenvalue weighted by atomic mass is 35.5. The van der Waals surface area contributed by atoms with Gasteiger partial charge in [0.05, 0.1) is 15.7 Å². The van der Waals surface area contributed by atoms with E-state index in [1.54, 1.807) is 30.3 Å². The zero-order valence-electron chi connectivity index (χ0n) is 22.0. The van der Waals surface area contributed by atoms with Crippen molar-refractivity contribution in [1.82, 2.24) is 10.2 Å². The minimum Gasteiger partial charge on any atom is -0.342 e. The molecule has 3 aromatic rings. The molecule has 1 heterocycles. The number of rotatable bonds is 10. The van der Waals surface area contributed by atoms with E-state index >= 15 is 0 Å². The molecule has 214 valence electrons. The molecule has 0 saturated carbocycles. The number of Topliss-reactive ketones (excluding diaryl/α,β-unsaturated/α-hetero) is 1. The Morgan fingerprint density at radius 2 is 1.63 bits per heavy atom. The summed E-state index contributed by atoms with van der Waals surface area (Å²) in [6, 6.07) is 16.7. The zero-order valence-corrected chi connectivity index (χ0v) is 23.6. The minimum absolute atomic E-state index is 0.0112. The molecule has 0 unspecified atom stereocenters. The third-order valence-corrected chi connectivity index (χ3v) is 7.70. The predicted octanol–water partition coefficient (Wildman–Crippen LogP) is 4.52. The van der Waals surface area contributed by atoms with Crippen molar-refractivity contribution in [2.45, 2.75) is 44.3 Å². The molecular weight excluding hydrogens is 570 g/mol. The Morgan fingerprint density at radius 1 is 0.951 bits per heavy atom. The number of hydrogen-bond donors (Lipinski definition) is 3. The van der Waals surface area contributed by atoms with Crippen molar-refractivity contribution >= 4 is 52.4 Å². The molecule has 0 radical (unpaired) electrons. The molecule has 0 bridgehead atoms. The first kappa shape index (κ1) is 30.2. The van der Waals surface area contributed by atoms with E-state index in [0.29, 0.717) is 5.56 Å². The third-order valence-electron chi connectivity index (χ3n) is 6.91. The smallest absolute Gasteiger partial charge is 0.247 e. The molecule has 8 nitrogen and oxygen atoms in total. The summed E-state index contributed by atoms with van der Waals surface area (Å²) in [5, 5.41) is 4.76. The van der Waals surface area contributed by atoms with Crippen molar-refractivity contribution in [3.8, 4) is 0 Å². The van der Waals surface area contributed by atoms with Crippen molar-refractivity contribution in [3.63, 3.8) is 0 Å². The molecule has 0 aromatic heterocycles. The van der Waals surface area contributed by atoms with E-state index in [9.17, 15) is 23.6 Å². The molecule has 11 heteroatoms. The first-order chi connectivity index (χ1) is 19.7. The molecule has 0 spiro atoms. The summed E-state index contributed by atoms with van der Waals surface area (Å²) in [4.78, 5) is 54.0. The van der Waals surface area contributed by atoms with Crippen molar-refractivity contribution < 1.29 is 23.6 Å². The molecule has 4 rings (SSSR count). The van der Waals surface area contributed by atoms with E-state index in [4.69, 9.17) is 28.9 Å². The predicted molar refractivity (Wildman–Crippen MR) is 155 cm³/mol. The zero-order chi connectivity index (χ0) is 29.5. The lowest BCUT2D eigenvalue weighted by molar-refractivity contribution is -0.142. The normalized spacial score (nSPS) is 15.0. The van der Waals surface area contributed by atoms with Crippen molar-refractivity contribution in [2.24, 2.45) is 5.73 Å². The topological polar surface area (TPSA) is 122 Å². The van der Waals surface area contributed by atoms with Crippen LogP contribution in [0.25, 0.3) is 0 Å². The first-order valence-electron chi connectivity index (χ1n) is 13.1. The van der Waals surface area contributed by atoms with Crippen LogP contribution in [0.5, 0.6) is 0 Å². The Labute approximate surface area is 247 Å². The third kappa shape index (κ3) is 7.30. The van der Waals surface area contributed by atoms with Gasteiger partial charge < -0.3 is 21.3 Å². The number of nitrogens with zero attached hydrogens (tertiary/aromatic N) is 1. The molecule has 2 atom stereocenters. The van der Waals surface area contributed by atoms with Crippen molar-refractivity contribution in [1.29, 1.82) is 0 Å². The fourth-order valence-electron chi connectivity index (χ4n) is 4.70. The number of fused-ring (bicyclic) bond motifs is 1. The number of ketones is 1. The van der Waals surface area contributed by atoms with Gasteiger partial charge in [-0.3, -0.25) is 19.2 Å². The number of halogens is 3. The van der Waals surface area contributed by atoms with E-state index in [2.05, 4.69) is 10.6 Å². The number of amides is 3. The van der Waals surface area contributed by atoms with Crippen LogP contribution in [-0.4, -0.2) is 47.0 Å². The summed E-state index contributed by atoms with van der Waals surface area (Å²) in [6.45, 7) is 0.231. The van der Waals surface area contributed by atoms with Gasteiger partial charge in [-0.2, -0.15) is 0 Å². The highest BCUT2D eigenvalue weighted by Gasteiger charge is 2.36. The minimum atomic E-state index is -1.12. The summed E-state index contributed by atoms with van der Waals surface area (Å²) in [6.07, 6.45) is 0.188. The maximum Gasteiger partial charge on any atom is 0.247 e. The second-order valence-corrected chi connectivity index (χ2v) is 10.4. The van der Waals surface area contributed by atoms with Crippen LogP contribution >= 0.6 is 23.2 Å². The molecular formula is C30H29Cl2FN4O4. The summed E-state index contributed by atoms with van der Waals surface area (Å²) >= 11 is 11.7. The largest absolute Gasteiger partial charge is 0.342 e. The molecule has 0 fully saturated rings. The lowest BCUT2D eigenvalue weighted by Gasteiger charge is -2.36. The fourth-order valence-corrected chi connectivity index (χ4v) is 5.01. The van der Waals surface area contributed by atoms with E-state index in [1.807, 2.05) is 24.3 Å². The number of nitrogens with one attached hydrogen (secondary N) is 2. The van der Waals surface area contributed by atoms with Gasteiger partial charge in [-0.1, -0.05) is 77.8 Å². The Hall–Kier alpha value is -3.79. The van der Waals surface area contributed by atoms with Gasteiger partial charge >= 0.3 is 0 Å². The number of anilines is 1. The van der Waals surface area contributed by atoms with Crippen LogP contribution in [0.3, 0.4) is 0 Å². The van der Waals surface area contributed by atoms with Crippen LogP contribution in [-0.2, 0) is 27.3 Å². The monoisotopic (exact) mass is 598 g/mol. The summed E-state index contributed by atoms with van der Waals surface area (Å²) in [7, 11) is 0. The van der Waals surface area contributed by atoms with Gasteiger partial charge in [0.25, 0.3) is 0 Å². The highest BCUT2D eigenvalue weighted by molar-refractivity contribution is 6.42. The number of nitrogens with two attached hydrogens (primary N) is 1. The Balaban J connectivity index is 1.50. The second kappa shape index (κ2) is 13.7. The van der Waals surface area contributed by atoms with Gasteiger partial charge in [0.15, 0.2) is 11.6 Å². The lowest BCUT2D eigenvalue weighted by Crippen LogP contribution is -2.56. The molecule has 41 heavy (non-hydrogen) atoms. The number of benzene rings is 3. The lowest BCUT2D eigenvalue weighted by atomic mass is 9.92. The van der Waals surface area contributed by atoms with E-state index in [-0.39, 0.29) is 66.2 Å². The van der Waals surface area contributed by atoms with Gasteiger partial charge in [0.1, 0.15) is 12.1 Å². The van der Waals surface area contributed by atoms with Crippen molar-refractivity contribution in [2.75, 3.05) is 11.9 Å². The number of hydrogen-bond acceptors (Lipinski definition) is 5. The van der Waals surface area contributed by atoms with Crippen LogP contribution in [0.15, 0.2) is 66.7 Å². The Morgan fingerprint density at radius 3 is 2.34 bits per heavy atom. The van der Waals surface area contributed by atoms with Gasteiger partial charge in [0, 0.05) is 31.4 Å². The number of carbonyl (C=O) groups is 4. The molecule has 0 saturated heterocycles. The fraction of sp³-hybridized carbons (Fsp3) is 0.267. The maximum atomic E-state index is 14.5. The van der Waals surface area contributed by atoms with Gasteiger partial charge in [-0.05, 0) is 36.2 Å². The highest BCUT2D eigenvalue weighted by Crippen LogP contribution is 2.30. The standard InChI is InChI=1S/C30H29Cl2FN4O4/c31-21-10-11-22(28(33)27(21)32)35-29(40)23(14-15-34)36-30(41)24-16-19-8-4-5-9-20(19)17-37(24)26(39)13-12-25(38)18-6-2-1-3-7-18/h1-11,23-24H,12-17,34H2,(H,35,40)(H,36,41)/t23-,24+/m1/s1. The van der Waals surface area contributed by atoms with Crippen molar-refractivity contribution in [3.05, 3.63) is 99.3 Å². The van der Waals surface area contributed by atoms with Crippen LogP contribution in [0.2, 0.25) is 10.0 Å². The molecule has 1 aliphatic rings. The molecule has 0 aliphatic carbocycles. The summed E-state index contributed by atoms with van der Waals surface area (Å²) < 4.78 is 14.5. The SMILES string of the molecule is NCC[C@@H](NC(=O)[C@@H]1Cc2ccccc2CN1C(=O)CCC(=O)c1ccccc1)C(=O)Nc1ccc(Cl)c(Cl)c1F. The number of carbonyl (C=O) groups excluding carboxylic acids is 4. The quantitative estimate of drug-likeness (QED) is 0.234. The van der Waals surface area contributed by atoms with E-state index in [1.165, 1.54) is 17.0 Å². The van der Waals surface area contributed by atoms with Gasteiger partial charge in [0.2, 0.25) is 17.7 Å². The second-order valence-electron chi connectivity index (χ2n) is 9.65. The van der Waals surface area contributed by atoms with E-state index in [0.717, 1.165) is 11.1 Å². The van der Waals surface area contributed by atoms with Gasteiger partial charge in [-0.25, -0.2) is 4.39 Å². The Bertz CT molecular complexity index is 1450. The Kier molecular flexibility index (Phi) is 10.1. The molecule has 1 aliphatic heterocycles. The maximum absolute atomic E-state index is 14.5. The average molecular weight is 599 g/mol. The van der Waals surface area contributed by atoms with E-state index < -0.39 is 29.7 Å². The van der Waals surface area contributed by atoms with Crippen LogP contribution in [0.1, 0.15) is 40.7 Å². The molecule has 3 aromatic carbocycles. The van der Waals surface area contributed by atoms with Crippen LogP contribution in [0, 0.1) is 5.82 Å². The molecule has 3 amide bonds. The summed E-state index contributed by atoms with van der Waals surface area (Å²) in [5.41, 5.74) is 7.80. The van der Waals surface area contributed by atoms with Crippen LogP contribution in [0.4, 0.5) is 10.1 Å². The van der Waals surface area contributed by atoms with Gasteiger partial charge in [-0.15, -0.1) is 0 Å². The molecule has 4 N–H and O–H groups in total. The first-order valence-corrected chi connectivity index (χ1v) is 13.8. The average Bonchev–Trinajstić information content (AvgIpc) is 2.99. The van der Waals surface area contributed by atoms with Crippen LogP contribution < -0.4 is 16.4 Å².